The van der Waals surface area contributed by atoms with Crippen molar-refractivity contribution in [3.8, 4) is 23.0 Å². The Morgan fingerprint density at radius 3 is 2.73 bits per heavy atom. The van der Waals surface area contributed by atoms with Gasteiger partial charge < -0.3 is 24.3 Å². The van der Waals surface area contributed by atoms with E-state index in [1.807, 2.05) is 18.2 Å². The molecule has 7 heteroatoms. The largest absolute Gasteiger partial charge is 0.497 e. The topological polar surface area (TPSA) is 69.3 Å². The average molecular weight is 412 g/mol. The van der Waals surface area contributed by atoms with Crippen LogP contribution in [0.4, 0.5) is 0 Å². The number of hydrogen-bond acceptors (Lipinski definition) is 6. The first-order chi connectivity index (χ1) is 14.7. The fraction of sp³-hybridized carbons (Fsp3) is 0.435. The van der Waals surface area contributed by atoms with Crippen LogP contribution in [-0.4, -0.2) is 56.9 Å². The van der Waals surface area contributed by atoms with E-state index in [0.29, 0.717) is 36.8 Å². The third kappa shape index (κ3) is 4.62. The molecule has 0 saturated heterocycles. The van der Waals surface area contributed by atoms with Crippen molar-refractivity contribution >= 4 is 5.91 Å². The number of ether oxygens (including phenoxy) is 4. The van der Waals surface area contributed by atoms with Crippen LogP contribution < -0.4 is 24.3 Å². The molecule has 2 heterocycles. The van der Waals surface area contributed by atoms with Crippen LogP contribution in [0.3, 0.4) is 0 Å². The fourth-order valence-electron chi connectivity index (χ4n) is 3.73. The van der Waals surface area contributed by atoms with E-state index in [9.17, 15) is 4.79 Å². The summed E-state index contributed by atoms with van der Waals surface area (Å²) in [5, 5.41) is 3.01. The van der Waals surface area contributed by atoms with Crippen LogP contribution in [0.5, 0.6) is 23.0 Å². The number of amides is 1. The van der Waals surface area contributed by atoms with Gasteiger partial charge in [-0.1, -0.05) is 6.92 Å². The molecule has 2 aromatic carbocycles. The van der Waals surface area contributed by atoms with E-state index in [-0.39, 0.29) is 12.0 Å². The quantitative estimate of drug-likeness (QED) is 0.787. The van der Waals surface area contributed by atoms with Crippen molar-refractivity contribution in [2.24, 2.45) is 0 Å². The van der Waals surface area contributed by atoms with Gasteiger partial charge in [-0.05, 0) is 42.8 Å². The Balaban J connectivity index is 1.37. The fourth-order valence-corrected chi connectivity index (χ4v) is 3.73. The summed E-state index contributed by atoms with van der Waals surface area (Å²) in [4.78, 5) is 14.9. The lowest BCUT2D eigenvalue weighted by molar-refractivity contribution is 0.0941. The first kappa shape index (κ1) is 20.3. The Kier molecular flexibility index (Phi) is 6.28. The van der Waals surface area contributed by atoms with Crippen molar-refractivity contribution in [2.75, 3.05) is 40.0 Å². The van der Waals surface area contributed by atoms with Crippen LogP contribution in [0.2, 0.25) is 0 Å². The third-order valence-corrected chi connectivity index (χ3v) is 5.39. The number of methoxy groups -OCH3 is 1. The zero-order chi connectivity index (χ0) is 20.9. The van der Waals surface area contributed by atoms with Crippen LogP contribution in [0.15, 0.2) is 36.4 Å². The van der Waals surface area contributed by atoms with Crippen molar-refractivity contribution in [3.63, 3.8) is 0 Å². The Hall–Kier alpha value is -2.93. The summed E-state index contributed by atoms with van der Waals surface area (Å²) < 4.78 is 22.6. The number of benzene rings is 2. The van der Waals surface area contributed by atoms with Crippen molar-refractivity contribution in [1.29, 1.82) is 0 Å². The maximum atomic E-state index is 12.6. The molecule has 0 radical (unpaired) electrons. The minimum absolute atomic E-state index is 0.118. The Morgan fingerprint density at radius 2 is 1.93 bits per heavy atom. The van der Waals surface area contributed by atoms with Gasteiger partial charge in [-0.2, -0.15) is 0 Å². The summed E-state index contributed by atoms with van der Waals surface area (Å²) in [7, 11) is 1.67. The predicted molar refractivity (Wildman–Crippen MR) is 113 cm³/mol. The van der Waals surface area contributed by atoms with E-state index in [1.165, 1.54) is 0 Å². The van der Waals surface area contributed by atoms with Gasteiger partial charge in [0.25, 0.3) is 5.91 Å². The number of carbonyl (C=O) groups excluding carboxylic acids is 1. The summed E-state index contributed by atoms with van der Waals surface area (Å²) in [5.74, 6) is 2.91. The lowest BCUT2D eigenvalue weighted by Gasteiger charge is -2.23. The average Bonchev–Trinajstić information content (AvgIpc) is 2.96. The number of rotatable bonds is 6. The Labute approximate surface area is 176 Å². The molecule has 2 aromatic rings. The van der Waals surface area contributed by atoms with E-state index in [4.69, 9.17) is 18.9 Å². The summed E-state index contributed by atoms with van der Waals surface area (Å²) >= 11 is 0. The summed E-state index contributed by atoms with van der Waals surface area (Å²) in [6.45, 7) is 6.00. The van der Waals surface area contributed by atoms with E-state index >= 15 is 0 Å². The van der Waals surface area contributed by atoms with Crippen molar-refractivity contribution in [3.05, 3.63) is 47.5 Å². The van der Waals surface area contributed by atoms with Gasteiger partial charge in [-0.15, -0.1) is 0 Å². The van der Waals surface area contributed by atoms with Gasteiger partial charge >= 0.3 is 0 Å². The maximum absolute atomic E-state index is 12.6. The lowest BCUT2D eigenvalue weighted by atomic mass is 10.1. The molecule has 1 amide bonds. The van der Waals surface area contributed by atoms with Crippen LogP contribution in [0, 0.1) is 0 Å². The molecule has 0 bridgehead atoms. The molecule has 1 N–H and O–H groups in total. The monoisotopic (exact) mass is 412 g/mol. The Bertz CT molecular complexity index is 901. The van der Waals surface area contributed by atoms with Crippen LogP contribution in [0.25, 0.3) is 0 Å². The number of nitrogens with zero attached hydrogens (tertiary/aromatic N) is 1. The second-order valence-electron chi connectivity index (χ2n) is 7.47. The Morgan fingerprint density at radius 1 is 1.13 bits per heavy atom. The molecule has 2 aliphatic rings. The van der Waals surface area contributed by atoms with E-state index in [1.54, 1.807) is 25.3 Å². The molecule has 0 aliphatic carbocycles. The van der Waals surface area contributed by atoms with Crippen molar-refractivity contribution < 1.29 is 23.7 Å². The SMILES string of the molecule is CC[C@@H]1CN(CCNC(=O)c2ccc3c(c2)OCCO3)Cc2cc(OC)ccc2O1. The van der Waals surface area contributed by atoms with Gasteiger partial charge in [0.1, 0.15) is 30.8 Å². The van der Waals surface area contributed by atoms with Gasteiger partial charge in [0.15, 0.2) is 11.5 Å². The minimum atomic E-state index is -0.118. The summed E-state index contributed by atoms with van der Waals surface area (Å²) in [6, 6.07) is 11.2. The number of fused-ring (bicyclic) bond motifs is 2. The first-order valence-corrected chi connectivity index (χ1v) is 10.4. The zero-order valence-corrected chi connectivity index (χ0v) is 17.5. The number of hydrogen-bond donors (Lipinski definition) is 1. The number of carbonyl (C=O) groups is 1. The molecule has 160 valence electrons. The van der Waals surface area contributed by atoms with E-state index in [0.717, 1.165) is 43.1 Å². The molecule has 0 unspecified atom stereocenters. The minimum Gasteiger partial charge on any atom is -0.497 e. The molecule has 0 aromatic heterocycles. The normalized spacial score (nSPS) is 18.0. The van der Waals surface area contributed by atoms with Crippen molar-refractivity contribution in [1.82, 2.24) is 10.2 Å². The van der Waals surface area contributed by atoms with Crippen LogP contribution in [-0.2, 0) is 6.54 Å². The second-order valence-corrected chi connectivity index (χ2v) is 7.47. The number of nitrogens with one attached hydrogen (secondary N) is 1. The highest BCUT2D eigenvalue weighted by atomic mass is 16.6. The molecule has 0 fully saturated rings. The van der Waals surface area contributed by atoms with Gasteiger partial charge in [0.05, 0.1) is 7.11 Å². The van der Waals surface area contributed by atoms with Gasteiger partial charge in [0.2, 0.25) is 0 Å². The van der Waals surface area contributed by atoms with Crippen LogP contribution >= 0.6 is 0 Å². The highest BCUT2D eigenvalue weighted by molar-refractivity contribution is 5.94. The third-order valence-electron chi connectivity index (χ3n) is 5.39. The molecule has 2 aliphatic heterocycles. The van der Waals surface area contributed by atoms with E-state index in [2.05, 4.69) is 17.1 Å². The highest BCUT2D eigenvalue weighted by Crippen LogP contribution is 2.31. The second kappa shape index (κ2) is 9.26. The molecule has 0 saturated carbocycles. The van der Waals surface area contributed by atoms with Gasteiger partial charge in [-0.25, -0.2) is 0 Å². The van der Waals surface area contributed by atoms with E-state index < -0.39 is 0 Å². The molecule has 1 atom stereocenters. The lowest BCUT2D eigenvalue weighted by Crippen LogP contribution is -2.38. The summed E-state index contributed by atoms with van der Waals surface area (Å²) in [5.41, 5.74) is 1.67. The van der Waals surface area contributed by atoms with Gasteiger partial charge in [0, 0.05) is 37.3 Å². The zero-order valence-electron chi connectivity index (χ0n) is 17.5. The van der Waals surface area contributed by atoms with Crippen molar-refractivity contribution in [2.45, 2.75) is 26.0 Å². The van der Waals surface area contributed by atoms with Gasteiger partial charge in [-0.3, -0.25) is 9.69 Å². The maximum Gasteiger partial charge on any atom is 0.251 e. The molecular weight excluding hydrogens is 384 g/mol. The molecular formula is C23H28N2O5. The standard InChI is InChI=1S/C23H28N2O5/c1-3-18-15-25(14-17-12-19(27-2)5-7-20(17)30-18)9-8-24-23(26)16-4-6-21-22(13-16)29-11-10-28-21/h4-7,12-13,18H,3,8-11,14-15H2,1-2H3,(H,24,26)/t18-/m1/s1. The molecule has 4 rings (SSSR count). The predicted octanol–water partition coefficient (Wildman–Crippen LogP) is 2.87. The highest BCUT2D eigenvalue weighted by Gasteiger charge is 2.22. The van der Waals surface area contributed by atoms with Crippen LogP contribution in [0.1, 0.15) is 29.3 Å². The molecule has 30 heavy (non-hydrogen) atoms. The summed E-state index contributed by atoms with van der Waals surface area (Å²) in [6.07, 6.45) is 1.04. The molecule has 0 spiro atoms. The molecule has 7 nitrogen and oxygen atoms in total. The first-order valence-electron chi connectivity index (χ1n) is 10.4. The smallest absolute Gasteiger partial charge is 0.251 e.